The van der Waals surface area contributed by atoms with E-state index in [0.29, 0.717) is 25.4 Å². The van der Waals surface area contributed by atoms with E-state index in [0.717, 1.165) is 50.5 Å². The average molecular weight is 783 g/mol. The highest BCUT2D eigenvalue weighted by atomic mass is 16.5. The number of hydrogen-bond acceptors (Lipinski definition) is 11. The van der Waals surface area contributed by atoms with Crippen LogP contribution in [0.25, 0.3) is 0 Å². The van der Waals surface area contributed by atoms with E-state index in [4.69, 9.17) is 9.47 Å². The molecule has 1 aromatic carbocycles. The summed E-state index contributed by atoms with van der Waals surface area (Å²) in [5.74, 6) is 0.168. The maximum Gasteiger partial charge on any atom is 0.323 e. The van der Waals surface area contributed by atoms with Crippen LogP contribution in [0.5, 0.6) is 0 Å². The van der Waals surface area contributed by atoms with Crippen LogP contribution in [0.3, 0.4) is 0 Å². The number of ether oxygens (including phenoxy) is 4. The molecule has 1 aliphatic heterocycles. The monoisotopic (exact) mass is 783 g/mol. The molecule has 7 unspecified atom stereocenters. The molecule has 320 valence electrons. The molecular weight excluding hydrogens is 704 g/mol. The zero-order valence-corrected chi connectivity index (χ0v) is 36.9. The second kappa shape index (κ2) is 33.9. The summed E-state index contributed by atoms with van der Waals surface area (Å²) in [6.07, 6.45) is 7.46. The summed E-state index contributed by atoms with van der Waals surface area (Å²) in [5.41, 5.74) is 0.805. The Morgan fingerprint density at radius 3 is 1.91 bits per heavy atom. The second-order valence-electron chi connectivity index (χ2n) is 14.4. The summed E-state index contributed by atoms with van der Waals surface area (Å²) in [7, 11) is 10.1. The van der Waals surface area contributed by atoms with Crippen LogP contribution >= 0.6 is 0 Å². The van der Waals surface area contributed by atoms with E-state index in [-0.39, 0.29) is 53.7 Å². The first kappa shape index (κ1) is 55.9. The Hall–Kier alpha value is -3.39. The van der Waals surface area contributed by atoms with Gasteiger partial charge in [-0.15, -0.1) is 0 Å². The minimum absolute atomic E-state index is 0.0673. The third kappa shape index (κ3) is 24.7. The van der Waals surface area contributed by atoms with Gasteiger partial charge >= 0.3 is 5.97 Å². The minimum atomic E-state index is -0.318. The first-order valence-corrected chi connectivity index (χ1v) is 19.5. The number of rotatable bonds is 18. The normalized spacial score (nSPS) is 16.4. The molecule has 0 bridgehead atoms. The van der Waals surface area contributed by atoms with Crippen LogP contribution in [0, 0.1) is 11.8 Å². The molecule has 1 saturated heterocycles. The number of likely N-dealkylation sites (N-methyl/N-ethyl adjacent to an activating group) is 3. The molecule has 2 rings (SSSR count). The Labute approximate surface area is 333 Å². The van der Waals surface area contributed by atoms with E-state index < -0.39 is 0 Å². The fourth-order valence-corrected chi connectivity index (χ4v) is 5.77. The number of nitrogens with zero attached hydrogens (tertiary/aromatic N) is 2. The van der Waals surface area contributed by atoms with Crippen molar-refractivity contribution in [2.45, 2.75) is 137 Å². The molecule has 0 aromatic heterocycles. The van der Waals surface area contributed by atoms with Gasteiger partial charge in [0.2, 0.25) is 12.3 Å². The molecule has 1 fully saturated rings. The number of carbonyl (C=O) groups excluding carboxylic acids is 5. The van der Waals surface area contributed by atoms with Gasteiger partial charge in [-0.05, 0) is 72.0 Å². The van der Waals surface area contributed by atoms with Gasteiger partial charge in [-0.25, -0.2) is 0 Å². The van der Waals surface area contributed by atoms with Gasteiger partial charge in [0.1, 0.15) is 17.9 Å². The standard InChI is InChI=1S/C13H28N2O2.C11H15NO2.C10H17NO3.C5H10O2.C3H8/c1-7-10(3)13(11(8-2)17-6)15(5)12(16)9-14-4;1-12-10(11(13)14-2)8-9-6-4-3-5-7-9;1-8(6-12)10(14-2)9-4-3-5-11(9)7-13;1-5(2,3)7-4-6;1-3-2/h10-11,13-14H,7-9H2,1-6H3;3-7,10,12H,8H2,1-2H3;6-10H,3-5H2,1-2H3;4H,1-3H3;3H2,1-2H3. The summed E-state index contributed by atoms with van der Waals surface area (Å²) >= 11 is 0. The number of benzene rings is 1. The summed E-state index contributed by atoms with van der Waals surface area (Å²) in [6, 6.07) is 9.81. The third-order valence-corrected chi connectivity index (χ3v) is 8.86. The van der Waals surface area contributed by atoms with Gasteiger partial charge < -0.3 is 44.2 Å². The quantitative estimate of drug-likeness (QED) is 0.147. The van der Waals surface area contributed by atoms with Gasteiger partial charge in [0, 0.05) is 33.7 Å². The lowest BCUT2D eigenvalue weighted by Gasteiger charge is -2.37. The van der Waals surface area contributed by atoms with Crippen molar-refractivity contribution in [1.82, 2.24) is 20.4 Å². The molecule has 13 nitrogen and oxygen atoms in total. The largest absolute Gasteiger partial charge is 0.468 e. The lowest BCUT2D eigenvalue weighted by atomic mass is 9.91. The predicted molar refractivity (Wildman–Crippen MR) is 221 cm³/mol. The summed E-state index contributed by atoms with van der Waals surface area (Å²) in [6.45, 7) is 19.6. The molecule has 13 heteroatoms. The Balaban J connectivity index is -0.000000659. The van der Waals surface area contributed by atoms with Crippen molar-refractivity contribution in [3.8, 4) is 0 Å². The minimum Gasteiger partial charge on any atom is -0.468 e. The molecule has 0 aliphatic carbocycles. The van der Waals surface area contributed by atoms with Gasteiger partial charge in [-0.1, -0.05) is 84.7 Å². The number of methoxy groups -OCH3 is 3. The van der Waals surface area contributed by atoms with Crippen LogP contribution in [-0.2, 0) is 49.3 Å². The van der Waals surface area contributed by atoms with Gasteiger partial charge in [0.25, 0.3) is 6.47 Å². The molecule has 7 atom stereocenters. The Bertz CT molecular complexity index is 1120. The second-order valence-corrected chi connectivity index (χ2v) is 14.4. The third-order valence-electron chi connectivity index (χ3n) is 8.86. The van der Waals surface area contributed by atoms with Crippen LogP contribution < -0.4 is 10.6 Å². The molecule has 55 heavy (non-hydrogen) atoms. The van der Waals surface area contributed by atoms with Crippen LogP contribution in [0.2, 0.25) is 0 Å². The number of aldehydes is 1. The Kier molecular flexibility index (Phi) is 34.5. The Morgan fingerprint density at radius 2 is 1.55 bits per heavy atom. The summed E-state index contributed by atoms with van der Waals surface area (Å²) in [5, 5.41) is 5.83. The average Bonchev–Trinajstić information content (AvgIpc) is 3.65. The van der Waals surface area contributed by atoms with Gasteiger partial charge in [0.05, 0.1) is 37.9 Å². The first-order chi connectivity index (χ1) is 26.0. The SMILES string of the molecule is CC(C)(C)OC=O.CCC.CCC(C)C(C(CC)OC)N(C)C(=O)CNC.CNC(Cc1ccccc1)C(=O)OC.COC(C(C)C=O)C1CCCN1C=O. The number of likely N-dealkylation sites (tertiary alicyclic amines) is 1. The van der Waals surface area contributed by atoms with Crippen LogP contribution in [-0.4, -0.2) is 132 Å². The number of esters is 1. The molecule has 1 aromatic rings. The maximum atomic E-state index is 11.9. The number of hydrogen-bond donors (Lipinski definition) is 2. The molecule has 2 N–H and O–H groups in total. The molecule has 1 heterocycles. The molecule has 1 aliphatic rings. The van der Waals surface area contributed by atoms with E-state index in [1.54, 1.807) is 33.2 Å². The summed E-state index contributed by atoms with van der Waals surface area (Å²) < 4.78 is 20.0. The van der Waals surface area contributed by atoms with Gasteiger partial charge in [0.15, 0.2) is 0 Å². The topological polar surface area (TPSA) is 153 Å². The predicted octanol–water partition coefficient (Wildman–Crippen LogP) is 5.33. The van der Waals surface area contributed by atoms with Crippen LogP contribution in [0.4, 0.5) is 0 Å². The molecule has 2 amide bonds. The van der Waals surface area contributed by atoms with Crippen molar-refractivity contribution in [1.29, 1.82) is 0 Å². The number of amides is 2. The van der Waals surface area contributed by atoms with E-state index in [9.17, 15) is 24.0 Å². The van der Waals surface area contributed by atoms with Crippen molar-refractivity contribution in [3.05, 3.63) is 35.9 Å². The zero-order valence-electron chi connectivity index (χ0n) is 36.9. The molecule has 0 saturated carbocycles. The summed E-state index contributed by atoms with van der Waals surface area (Å²) in [4.78, 5) is 57.8. The van der Waals surface area contributed by atoms with Gasteiger partial charge in [-0.2, -0.15) is 0 Å². The smallest absolute Gasteiger partial charge is 0.323 e. The maximum absolute atomic E-state index is 11.9. The van der Waals surface area contributed by atoms with Crippen LogP contribution in [0.1, 0.15) is 100.0 Å². The number of carbonyl (C=O) groups is 5. The highest BCUT2D eigenvalue weighted by Gasteiger charge is 2.34. The lowest BCUT2D eigenvalue weighted by Crippen LogP contribution is -2.50. The van der Waals surface area contributed by atoms with E-state index in [1.807, 2.05) is 70.0 Å². The van der Waals surface area contributed by atoms with E-state index in [2.05, 4.69) is 54.7 Å². The van der Waals surface area contributed by atoms with Crippen molar-refractivity contribution >= 4 is 31.0 Å². The van der Waals surface area contributed by atoms with E-state index in [1.165, 1.54) is 13.5 Å². The zero-order chi connectivity index (χ0) is 43.0. The molecule has 0 radical (unpaired) electrons. The van der Waals surface area contributed by atoms with Crippen molar-refractivity contribution in [2.75, 3.05) is 55.6 Å². The number of nitrogens with one attached hydrogen (secondary N) is 2. The first-order valence-electron chi connectivity index (χ1n) is 19.5. The fourth-order valence-electron chi connectivity index (χ4n) is 5.77. The van der Waals surface area contributed by atoms with Crippen molar-refractivity contribution < 1.29 is 42.9 Å². The van der Waals surface area contributed by atoms with Crippen LogP contribution in [0.15, 0.2) is 30.3 Å². The molecular formula is C42H78N4O9. The van der Waals surface area contributed by atoms with Gasteiger partial charge in [-0.3, -0.25) is 19.2 Å². The van der Waals surface area contributed by atoms with Crippen molar-refractivity contribution in [2.24, 2.45) is 11.8 Å². The van der Waals surface area contributed by atoms with E-state index >= 15 is 0 Å². The fraction of sp³-hybridized carbons (Fsp3) is 0.738. The molecule has 0 spiro atoms. The highest BCUT2D eigenvalue weighted by molar-refractivity contribution is 5.78. The van der Waals surface area contributed by atoms with Crippen molar-refractivity contribution in [3.63, 3.8) is 0 Å². The lowest BCUT2D eigenvalue weighted by molar-refractivity contribution is -0.143. The highest BCUT2D eigenvalue weighted by Crippen LogP contribution is 2.24. The Morgan fingerprint density at radius 1 is 0.964 bits per heavy atom.